The zero-order valence-corrected chi connectivity index (χ0v) is 11.7. The van der Waals surface area contributed by atoms with Crippen LogP contribution in [-0.4, -0.2) is 5.78 Å². The first-order chi connectivity index (χ1) is 8.74. The Morgan fingerprint density at radius 1 is 1.06 bits per heavy atom. The van der Waals surface area contributed by atoms with Crippen LogP contribution in [-0.2, 0) is 0 Å². The van der Waals surface area contributed by atoms with E-state index in [1.165, 1.54) is 0 Å². The van der Waals surface area contributed by atoms with Gasteiger partial charge >= 0.3 is 0 Å². The number of nitrogens with zero attached hydrogens (tertiary/aromatic N) is 1. The molecule has 0 spiro atoms. The van der Waals surface area contributed by atoms with Crippen molar-refractivity contribution in [1.29, 1.82) is 5.26 Å². The van der Waals surface area contributed by atoms with E-state index in [-0.39, 0.29) is 5.78 Å². The van der Waals surface area contributed by atoms with E-state index in [9.17, 15) is 10.1 Å². The Labute approximate surface area is 119 Å². The van der Waals surface area contributed by atoms with E-state index in [4.69, 9.17) is 0 Å². The molecule has 88 valence electrons. The molecule has 0 aliphatic carbocycles. The second-order valence-electron chi connectivity index (χ2n) is 3.81. The zero-order valence-electron chi connectivity index (χ0n) is 9.51. The average Bonchev–Trinajstić information content (AvgIpc) is 2.42. The maximum absolute atomic E-state index is 12.3. The highest BCUT2D eigenvalue weighted by Crippen LogP contribution is 2.24. The van der Waals surface area contributed by atoms with Gasteiger partial charge in [0.1, 0.15) is 5.92 Å². The van der Waals surface area contributed by atoms with Gasteiger partial charge in [-0.25, -0.2) is 0 Å². The number of Topliss-reactive ketones (excluding diaryl/α,β-unsaturated/α-hetero) is 1. The van der Waals surface area contributed by atoms with Crippen LogP contribution in [0.2, 0.25) is 0 Å². The van der Waals surface area contributed by atoms with Crippen molar-refractivity contribution in [3.63, 3.8) is 0 Å². The van der Waals surface area contributed by atoms with Gasteiger partial charge in [0.05, 0.1) is 6.07 Å². The van der Waals surface area contributed by atoms with Crippen molar-refractivity contribution in [3.05, 3.63) is 69.3 Å². The summed E-state index contributed by atoms with van der Waals surface area (Å²) in [5.41, 5.74) is 1.35. The van der Waals surface area contributed by atoms with Gasteiger partial charge in [-0.15, -0.1) is 0 Å². The Bertz CT molecular complexity index is 601. The van der Waals surface area contributed by atoms with Crippen LogP contribution in [0.5, 0.6) is 0 Å². The Balaban J connectivity index is 2.40. The molecule has 1 atom stereocenters. The molecular formula is C15H10INO. The largest absolute Gasteiger partial charge is 0.292 e. The van der Waals surface area contributed by atoms with Crippen LogP contribution in [0.25, 0.3) is 0 Å². The smallest absolute Gasteiger partial charge is 0.184 e. The summed E-state index contributed by atoms with van der Waals surface area (Å²) in [6.45, 7) is 0. The summed E-state index contributed by atoms with van der Waals surface area (Å²) in [5.74, 6) is -0.886. The number of nitriles is 1. The Hall–Kier alpha value is -1.67. The summed E-state index contributed by atoms with van der Waals surface area (Å²) in [5, 5.41) is 9.26. The fourth-order valence-corrected chi connectivity index (χ4v) is 2.45. The normalized spacial score (nSPS) is 11.6. The first-order valence-electron chi connectivity index (χ1n) is 5.47. The Morgan fingerprint density at radius 3 is 2.28 bits per heavy atom. The summed E-state index contributed by atoms with van der Waals surface area (Å²) in [6, 6.07) is 18.5. The fourth-order valence-electron chi connectivity index (χ4n) is 1.75. The van der Waals surface area contributed by atoms with E-state index in [1.807, 2.05) is 30.3 Å². The number of carbonyl (C=O) groups is 1. The van der Waals surface area contributed by atoms with Gasteiger partial charge in [0.2, 0.25) is 0 Å². The highest BCUT2D eigenvalue weighted by Gasteiger charge is 2.23. The molecule has 3 heteroatoms. The first kappa shape index (κ1) is 12.8. The summed E-state index contributed by atoms with van der Waals surface area (Å²) in [4.78, 5) is 12.3. The molecule has 2 aromatic carbocycles. The topological polar surface area (TPSA) is 40.9 Å². The summed E-state index contributed by atoms with van der Waals surface area (Å²) in [6.07, 6.45) is 0. The molecule has 18 heavy (non-hydrogen) atoms. The Kier molecular flexibility index (Phi) is 4.11. The third kappa shape index (κ3) is 2.59. The predicted octanol–water partition coefficient (Wildman–Crippen LogP) is 3.78. The van der Waals surface area contributed by atoms with E-state index < -0.39 is 5.92 Å². The fraction of sp³-hybridized carbons (Fsp3) is 0.0667. The lowest BCUT2D eigenvalue weighted by atomic mass is 9.92. The van der Waals surface area contributed by atoms with Crippen molar-refractivity contribution in [3.8, 4) is 6.07 Å². The minimum atomic E-state index is -0.736. The lowest BCUT2D eigenvalue weighted by molar-refractivity contribution is 0.0978. The molecule has 0 N–H and O–H groups in total. The van der Waals surface area contributed by atoms with Crippen molar-refractivity contribution in [2.24, 2.45) is 0 Å². The molecule has 0 radical (unpaired) electrons. The van der Waals surface area contributed by atoms with Crippen molar-refractivity contribution in [1.82, 2.24) is 0 Å². The maximum atomic E-state index is 12.3. The van der Waals surface area contributed by atoms with E-state index in [0.717, 1.165) is 9.13 Å². The summed E-state index contributed by atoms with van der Waals surface area (Å²) in [7, 11) is 0. The van der Waals surface area contributed by atoms with Crippen LogP contribution in [0.1, 0.15) is 21.8 Å². The lowest BCUT2D eigenvalue weighted by Crippen LogP contribution is -2.12. The van der Waals surface area contributed by atoms with Gasteiger partial charge in [-0.3, -0.25) is 4.79 Å². The molecule has 0 fully saturated rings. The van der Waals surface area contributed by atoms with Gasteiger partial charge in [0, 0.05) is 9.13 Å². The molecule has 0 heterocycles. The molecule has 0 aliphatic rings. The number of hydrogen-bond acceptors (Lipinski definition) is 2. The highest BCUT2D eigenvalue weighted by molar-refractivity contribution is 14.1. The summed E-state index contributed by atoms with van der Waals surface area (Å²) < 4.78 is 0.936. The van der Waals surface area contributed by atoms with Gasteiger partial charge in [0.25, 0.3) is 0 Å². The molecule has 2 rings (SSSR count). The first-order valence-corrected chi connectivity index (χ1v) is 6.55. The monoisotopic (exact) mass is 347 g/mol. The van der Waals surface area contributed by atoms with Crippen LogP contribution in [0.4, 0.5) is 0 Å². The average molecular weight is 347 g/mol. The predicted molar refractivity (Wildman–Crippen MR) is 78.3 cm³/mol. The maximum Gasteiger partial charge on any atom is 0.184 e. The number of halogens is 1. The Morgan fingerprint density at radius 2 is 1.67 bits per heavy atom. The second-order valence-corrected chi connectivity index (χ2v) is 4.98. The summed E-state index contributed by atoms with van der Waals surface area (Å²) >= 11 is 2.15. The van der Waals surface area contributed by atoms with E-state index in [1.54, 1.807) is 24.3 Å². The number of ketones is 1. The lowest BCUT2D eigenvalue weighted by Gasteiger charge is -2.10. The number of rotatable bonds is 3. The molecule has 0 aliphatic heterocycles. The van der Waals surface area contributed by atoms with Crippen LogP contribution in [0.3, 0.4) is 0 Å². The molecule has 0 saturated carbocycles. The minimum absolute atomic E-state index is 0.151. The van der Waals surface area contributed by atoms with Gasteiger partial charge in [-0.2, -0.15) is 5.26 Å². The molecular weight excluding hydrogens is 337 g/mol. The quantitative estimate of drug-likeness (QED) is 0.626. The minimum Gasteiger partial charge on any atom is -0.292 e. The molecule has 0 bridgehead atoms. The van der Waals surface area contributed by atoms with E-state index in [2.05, 4.69) is 28.7 Å². The zero-order chi connectivity index (χ0) is 13.0. The van der Waals surface area contributed by atoms with Gasteiger partial charge in [0.15, 0.2) is 5.78 Å². The molecule has 0 aromatic heterocycles. The van der Waals surface area contributed by atoms with Gasteiger partial charge in [-0.05, 0) is 34.2 Å². The van der Waals surface area contributed by atoms with E-state index in [0.29, 0.717) is 5.56 Å². The second kappa shape index (κ2) is 5.78. The van der Waals surface area contributed by atoms with E-state index >= 15 is 0 Å². The van der Waals surface area contributed by atoms with Gasteiger partial charge < -0.3 is 0 Å². The van der Waals surface area contributed by atoms with Crippen molar-refractivity contribution in [2.45, 2.75) is 5.92 Å². The molecule has 1 unspecified atom stereocenters. The number of benzene rings is 2. The van der Waals surface area contributed by atoms with Crippen molar-refractivity contribution in [2.75, 3.05) is 0 Å². The highest BCUT2D eigenvalue weighted by atomic mass is 127. The number of hydrogen-bond donors (Lipinski definition) is 0. The third-order valence-corrected chi connectivity index (χ3v) is 3.65. The van der Waals surface area contributed by atoms with Crippen molar-refractivity contribution >= 4 is 28.4 Å². The standard InChI is InChI=1S/C15H10INO/c16-14-9-5-4-8-12(14)13(10-17)15(18)11-6-2-1-3-7-11/h1-9,13H. The SMILES string of the molecule is N#CC(C(=O)c1ccccc1)c1ccccc1I. The molecule has 0 saturated heterocycles. The van der Waals surface area contributed by atoms with Crippen LogP contribution < -0.4 is 0 Å². The van der Waals surface area contributed by atoms with Crippen LogP contribution >= 0.6 is 22.6 Å². The molecule has 2 aromatic rings. The number of carbonyl (C=O) groups excluding carboxylic acids is 1. The third-order valence-electron chi connectivity index (χ3n) is 2.67. The van der Waals surface area contributed by atoms with Crippen LogP contribution in [0.15, 0.2) is 54.6 Å². The van der Waals surface area contributed by atoms with Gasteiger partial charge in [-0.1, -0.05) is 48.5 Å². The molecule has 0 amide bonds. The van der Waals surface area contributed by atoms with Crippen molar-refractivity contribution < 1.29 is 4.79 Å². The van der Waals surface area contributed by atoms with Crippen LogP contribution in [0, 0.1) is 14.9 Å². The molecule has 2 nitrogen and oxygen atoms in total.